The molecule has 2 amide bonds. The zero-order chi connectivity index (χ0) is 17.5. The van der Waals surface area contributed by atoms with Crippen molar-refractivity contribution in [1.29, 1.82) is 0 Å². The molecule has 0 bridgehead atoms. The van der Waals surface area contributed by atoms with Crippen LogP contribution in [0.3, 0.4) is 0 Å². The molecule has 1 aromatic heterocycles. The second-order valence-corrected chi connectivity index (χ2v) is 5.89. The lowest BCUT2D eigenvalue weighted by molar-refractivity contribution is -0.121. The molecule has 0 saturated carbocycles. The number of carbonyl (C=O) groups excluding carboxylic acids is 2. The molecule has 0 aliphatic heterocycles. The number of thiophene rings is 1. The zero-order valence-corrected chi connectivity index (χ0v) is 13.7. The molecular weight excluding hydrogens is 338 g/mol. The maximum absolute atomic E-state index is 12.2. The molecule has 5 nitrogen and oxygen atoms in total. The van der Waals surface area contributed by atoms with Gasteiger partial charge in [-0.15, -0.1) is 11.3 Å². The first-order valence-corrected chi connectivity index (χ1v) is 7.93. The quantitative estimate of drug-likeness (QED) is 0.832. The number of nitrogens with one attached hydrogen (secondary N) is 1. The van der Waals surface area contributed by atoms with Crippen LogP contribution in [0, 0.1) is 0 Å². The molecule has 0 unspecified atom stereocenters. The first-order chi connectivity index (χ1) is 11.5. The molecule has 1 N–H and O–H groups in total. The summed E-state index contributed by atoms with van der Waals surface area (Å²) in [6.45, 7) is -2.84. The number of hydrogen-bond acceptors (Lipinski definition) is 4. The summed E-state index contributed by atoms with van der Waals surface area (Å²) in [6, 6.07) is 9.53. The van der Waals surface area contributed by atoms with Crippen LogP contribution in [0.25, 0.3) is 0 Å². The number of nitrogens with zero attached hydrogens (tertiary/aromatic N) is 1. The SMILES string of the molecule is CN(CC(=O)NCc1cccc(OC(F)F)c1)C(=O)c1cccs1. The number of halogens is 2. The molecule has 24 heavy (non-hydrogen) atoms. The maximum Gasteiger partial charge on any atom is 0.387 e. The molecule has 0 radical (unpaired) electrons. The molecule has 0 spiro atoms. The van der Waals surface area contributed by atoms with E-state index in [2.05, 4.69) is 10.1 Å². The van der Waals surface area contributed by atoms with Gasteiger partial charge in [0.05, 0.1) is 11.4 Å². The van der Waals surface area contributed by atoms with Gasteiger partial charge in [-0.2, -0.15) is 8.78 Å². The van der Waals surface area contributed by atoms with Gasteiger partial charge in [0.2, 0.25) is 5.91 Å². The summed E-state index contributed by atoms with van der Waals surface area (Å²) < 4.78 is 28.6. The molecule has 0 saturated heterocycles. The minimum absolute atomic E-state index is 0.0294. The van der Waals surface area contributed by atoms with Gasteiger partial charge in [0.15, 0.2) is 0 Å². The molecule has 8 heteroatoms. The third-order valence-corrected chi connectivity index (χ3v) is 3.93. The van der Waals surface area contributed by atoms with Crippen LogP contribution in [0.1, 0.15) is 15.2 Å². The third kappa shape index (κ3) is 5.31. The number of likely N-dealkylation sites (N-methyl/N-ethyl adjacent to an activating group) is 1. The predicted octanol–water partition coefficient (Wildman–Crippen LogP) is 2.74. The van der Waals surface area contributed by atoms with Crippen LogP contribution in [0.4, 0.5) is 8.78 Å². The van der Waals surface area contributed by atoms with Gasteiger partial charge >= 0.3 is 6.61 Å². The fraction of sp³-hybridized carbons (Fsp3) is 0.250. The highest BCUT2D eigenvalue weighted by molar-refractivity contribution is 7.12. The van der Waals surface area contributed by atoms with E-state index in [1.54, 1.807) is 36.7 Å². The molecular formula is C16H16F2N2O3S. The van der Waals surface area contributed by atoms with E-state index in [1.165, 1.54) is 28.4 Å². The topological polar surface area (TPSA) is 58.6 Å². The minimum Gasteiger partial charge on any atom is -0.435 e. The Labute approximate surface area is 141 Å². The van der Waals surface area contributed by atoms with E-state index >= 15 is 0 Å². The van der Waals surface area contributed by atoms with Gasteiger partial charge in [-0.25, -0.2) is 0 Å². The van der Waals surface area contributed by atoms with Crippen molar-refractivity contribution in [1.82, 2.24) is 10.2 Å². The lowest BCUT2D eigenvalue weighted by Crippen LogP contribution is -2.37. The van der Waals surface area contributed by atoms with Crippen molar-refractivity contribution in [3.8, 4) is 5.75 Å². The standard InChI is InChI=1S/C16H16F2N2O3S/c1-20(15(22)13-6-3-7-24-13)10-14(21)19-9-11-4-2-5-12(8-11)23-16(17)18/h2-8,16H,9-10H2,1H3,(H,19,21). The van der Waals surface area contributed by atoms with Crippen LogP contribution in [-0.4, -0.2) is 36.9 Å². The summed E-state index contributed by atoms with van der Waals surface area (Å²) in [5, 5.41) is 4.43. The summed E-state index contributed by atoms with van der Waals surface area (Å²) in [5.41, 5.74) is 0.619. The summed E-state index contributed by atoms with van der Waals surface area (Å²) in [4.78, 5) is 25.8. The van der Waals surface area contributed by atoms with Crippen molar-refractivity contribution < 1.29 is 23.1 Å². The lowest BCUT2D eigenvalue weighted by atomic mass is 10.2. The Morgan fingerprint density at radius 3 is 2.75 bits per heavy atom. The van der Waals surface area contributed by atoms with Crippen LogP contribution in [0.15, 0.2) is 41.8 Å². The van der Waals surface area contributed by atoms with Crippen molar-refractivity contribution in [3.05, 3.63) is 52.2 Å². The molecule has 0 atom stereocenters. The van der Waals surface area contributed by atoms with Gasteiger partial charge in [0, 0.05) is 13.6 Å². The number of rotatable bonds is 7. The fourth-order valence-electron chi connectivity index (χ4n) is 1.96. The van der Waals surface area contributed by atoms with Crippen molar-refractivity contribution >= 4 is 23.2 Å². The maximum atomic E-state index is 12.2. The molecule has 2 rings (SSSR count). The summed E-state index contributed by atoms with van der Waals surface area (Å²) >= 11 is 1.30. The molecule has 2 aromatic rings. The predicted molar refractivity (Wildman–Crippen MR) is 86.2 cm³/mol. The van der Waals surface area contributed by atoms with E-state index in [0.29, 0.717) is 10.4 Å². The number of ether oxygens (including phenoxy) is 1. The molecule has 1 heterocycles. The smallest absolute Gasteiger partial charge is 0.387 e. The molecule has 0 aliphatic rings. The van der Waals surface area contributed by atoms with E-state index < -0.39 is 6.61 Å². The Bertz CT molecular complexity index is 692. The zero-order valence-electron chi connectivity index (χ0n) is 12.9. The van der Waals surface area contributed by atoms with Crippen LogP contribution in [-0.2, 0) is 11.3 Å². The van der Waals surface area contributed by atoms with E-state index in [9.17, 15) is 18.4 Å². The van der Waals surface area contributed by atoms with Gasteiger partial charge in [-0.1, -0.05) is 18.2 Å². The van der Waals surface area contributed by atoms with Gasteiger partial charge in [0.25, 0.3) is 5.91 Å². The number of hydrogen-bond donors (Lipinski definition) is 1. The summed E-state index contributed by atoms with van der Waals surface area (Å²) in [6.07, 6.45) is 0. The van der Waals surface area contributed by atoms with Gasteiger partial charge < -0.3 is 15.0 Å². The Balaban J connectivity index is 1.83. The molecule has 1 aromatic carbocycles. The number of amides is 2. The fourth-order valence-corrected chi connectivity index (χ4v) is 2.68. The first kappa shape index (κ1) is 17.9. The van der Waals surface area contributed by atoms with E-state index in [1.807, 2.05) is 0 Å². The van der Waals surface area contributed by atoms with Crippen molar-refractivity contribution in [3.63, 3.8) is 0 Å². The van der Waals surface area contributed by atoms with Gasteiger partial charge in [-0.3, -0.25) is 9.59 Å². The number of alkyl halides is 2. The van der Waals surface area contributed by atoms with E-state index in [4.69, 9.17) is 0 Å². The van der Waals surface area contributed by atoms with Crippen LogP contribution in [0.2, 0.25) is 0 Å². The third-order valence-electron chi connectivity index (χ3n) is 3.07. The van der Waals surface area contributed by atoms with Crippen molar-refractivity contribution in [2.24, 2.45) is 0 Å². The minimum atomic E-state index is -2.90. The molecule has 0 fully saturated rings. The van der Waals surface area contributed by atoms with Crippen LogP contribution >= 0.6 is 11.3 Å². The summed E-state index contributed by atoms with van der Waals surface area (Å²) in [7, 11) is 1.54. The highest BCUT2D eigenvalue weighted by Crippen LogP contribution is 2.16. The number of carbonyl (C=O) groups is 2. The van der Waals surface area contributed by atoms with Gasteiger partial charge in [-0.05, 0) is 29.1 Å². The molecule has 128 valence electrons. The van der Waals surface area contributed by atoms with Gasteiger partial charge in [0.1, 0.15) is 5.75 Å². The average Bonchev–Trinajstić information content (AvgIpc) is 3.06. The summed E-state index contributed by atoms with van der Waals surface area (Å²) in [5.74, 6) is -0.545. The normalized spacial score (nSPS) is 10.5. The Morgan fingerprint density at radius 1 is 1.29 bits per heavy atom. The molecule has 0 aliphatic carbocycles. The van der Waals surface area contributed by atoms with Crippen LogP contribution < -0.4 is 10.1 Å². The Kier molecular flexibility index (Phi) is 6.25. The van der Waals surface area contributed by atoms with Crippen LogP contribution in [0.5, 0.6) is 5.75 Å². The second kappa shape index (κ2) is 8.39. The highest BCUT2D eigenvalue weighted by Gasteiger charge is 2.15. The van der Waals surface area contributed by atoms with E-state index in [0.717, 1.165) is 0 Å². The largest absolute Gasteiger partial charge is 0.435 e. The Hall–Kier alpha value is -2.48. The average molecular weight is 354 g/mol. The first-order valence-electron chi connectivity index (χ1n) is 7.05. The Morgan fingerprint density at radius 2 is 2.08 bits per heavy atom. The second-order valence-electron chi connectivity index (χ2n) is 4.94. The van der Waals surface area contributed by atoms with Crippen molar-refractivity contribution in [2.75, 3.05) is 13.6 Å². The monoisotopic (exact) mass is 354 g/mol. The lowest BCUT2D eigenvalue weighted by Gasteiger charge is -2.16. The van der Waals surface area contributed by atoms with E-state index in [-0.39, 0.29) is 30.7 Å². The number of benzene rings is 1. The van der Waals surface area contributed by atoms with Crippen molar-refractivity contribution in [2.45, 2.75) is 13.2 Å². The highest BCUT2D eigenvalue weighted by atomic mass is 32.1.